The van der Waals surface area contributed by atoms with Crippen LogP contribution in [0.3, 0.4) is 0 Å². The zero-order valence-corrected chi connectivity index (χ0v) is 6.98. The molecular weight excluding hydrogens is 156 g/mol. The molecule has 4 bridgehead atoms. The number of rotatable bonds is 0. The van der Waals surface area contributed by atoms with Crippen LogP contribution >= 0.6 is 0 Å². The summed E-state index contributed by atoms with van der Waals surface area (Å²) in [5, 5.41) is 9.86. The first-order valence-corrected chi connectivity index (χ1v) is 4.80. The summed E-state index contributed by atoms with van der Waals surface area (Å²) in [5.74, 6) is 0.879. The predicted molar refractivity (Wildman–Crippen MR) is 41.5 cm³/mol. The van der Waals surface area contributed by atoms with Crippen LogP contribution in [0.4, 0.5) is 0 Å². The molecule has 3 nitrogen and oxygen atoms in total. The third-order valence-corrected chi connectivity index (χ3v) is 3.48. The summed E-state index contributed by atoms with van der Waals surface area (Å²) in [7, 11) is 0. The van der Waals surface area contributed by atoms with Gasteiger partial charge < -0.3 is 14.6 Å². The lowest BCUT2D eigenvalue weighted by Gasteiger charge is -2.21. The second kappa shape index (κ2) is 2.44. The molecule has 0 spiro atoms. The van der Waals surface area contributed by atoms with E-state index < -0.39 is 0 Å². The molecule has 3 saturated heterocycles. The van der Waals surface area contributed by atoms with Gasteiger partial charge in [-0.2, -0.15) is 0 Å². The molecule has 5 unspecified atom stereocenters. The third kappa shape index (κ3) is 0.873. The quantitative estimate of drug-likeness (QED) is 0.576. The highest BCUT2D eigenvalue weighted by Gasteiger charge is 2.47. The van der Waals surface area contributed by atoms with E-state index in [0.717, 1.165) is 12.8 Å². The van der Waals surface area contributed by atoms with Crippen molar-refractivity contribution in [3.05, 3.63) is 0 Å². The third-order valence-electron chi connectivity index (χ3n) is 3.48. The molecule has 3 aliphatic heterocycles. The molecule has 4 rings (SSSR count). The number of aliphatic hydroxyl groups excluding tert-OH is 1. The van der Waals surface area contributed by atoms with E-state index in [9.17, 15) is 5.11 Å². The van der Waals surface area contributed by atoms with Gasteiger partial charge in [-0.15, -0.1) is 0 Å². The van der Waals surface area contributed by atoms with Crippen LogP contribution in [0.2, 0.25) is 0 Å². The SMILES string of the molecule is OC1C2CCC3CC1OC3OC2. The molecule has 4 fully saturated rings. The van der Waals surface area contributed by atoms with Gasteiger partial charge in [-0.25, -0.2) is 0 Å². The predicted octanol–water partition coefficient (Wildman–Crippen LogP) is 0.519. The van der Waals surface area contributed by atoms with Crippen LogP contribution in [0.5, 0.6) is 0 Å². The number of hydrogen-bond acceptors (Lipinski definition) is 3. The molecule has 3 heteroatoms. The molecular formula is C9H14O3. The molecule has 0 amide bonds. The van der Waals surface area contributed by atoms with Gasteiger partial charge in [-0.1, -0.05) is 0 Å². The molecule has 1 N–H and O–H groups in total. The van der Waals surface area contributed by atoms with Crippen molar-refractivity contribution in [3.63, 3.8) is 0 Å². The van der Waals surface area contributed by atoms with E-state index in [1.807, 2.05) is 0 Å². The van der Waals surface area contributed by atoms with Crippen molar-refractivity contribution in [3.8, 4) is 0 Å². The number of ether oxygens (including phenoxy) is 2. The first kappa shape index (κ1) is 7.30. The topological polar surface area (TPSA) is 38.7 Å². The smallest absolute Gasteiger partial charge is 0.160 e. The van der Waals surface area contributed by atoms with Gasteiger partial charge in [-0.3, -0.25) is 0 Å². The second-order valence-electron chi connectivity index (χ2n) is 4.20. The van der Waals surface area contributed by atoms with E-state index in [1.54, 1.807) is 0 Å². The molecule has 0 radical (unpaired) electrons. The summed E-state index contributed by atoms with van der Waals surface area (Å²) in [6, 6.07) is 0. The van der Waals surface area contributed by atoms with Gasteiger partial charge in [0.25, 0.3) is 0 Å². The van der Waals surface area contributed by atoms with E-state index in [0.29, 0.717) is 18.4 Å². The summed E-state index contributed by atoms with van der Waals surface area (Å²) in [4.78, 5) is 0. The molecule has 0 aromatic rings. The Kier molecular flexibility index (Phi) is 1.48. The van der Waals surface area contributed by atoms with Gasteiger partial charge in [0.05, 0.1) is 18.8 Å². The first-order valence-electron chi connectivity index (χ1n) is 4.80. The van der Waals surface area contributed by atoms with E-state index >= 15 is 0 Å². The van der Waals surface area contributed by atoms with Crippen LogP contribution in [0.1, 0.15) is 19.3 Å². The first-order chi connectivity index (χ1) is 5.84. The van der Waals surface area contributed by atoms with Gasteiger partial charge in [-0.05, 0) is 19.3 Å². The van der Waals surface area contributed by atoms with Crippen molar-refractivity contribution < 1.29 is 14.6 Å². The van der Waals surface area contributed by atoms with Crippen LogP contribution in [0.25, 0.3) is 0 Å². The zero-order chi connectivity index (χ0) is 8.13. The van der Waals surface area contributed by atoms with Gasteiger partial charge in [0.1, 0.15) is 0 Å². The standard InChI is InChI=1S/C9H14O3/c10-8-6-2-1-5-3-7(8)12-9(5)11-4-6/h5-10H,1-4H2. The maximum Gasteiger partial charge on any atom is 0.160 e. The van der Waals surface area contributed by atoms with Gasteiger partial charge >= 0.3 is 0 Å². The van der Waals surface area contributed by atoms with Crippen molar-refractivity contribution in [2.75, 3.05) is 6.61 Å². The molecule has 1 saturated carbocycles. The average Bonchev–Trinajstić information content (AvgIpc) is 2.22. The maximum absolute atomic E-state index is 9.86. The lowest BCUT2D eigenvalue weighted by molar-refractivity contribution is -0.138. The Labute approximate surface area is 71.7 Å². The Balaban J connectivity index is 1.96. The highest BCUT2D eigenvalue weighted by Crippen LogP contribution is 2.42. The summed E-state index contributed by atoms with van der Waals surface area (Å²) in [6.07, 6.45) is 3.07. The maximum atomic E-state index is 9.86. The van der Waals surface area contributed by atoms with E-state index in [4.69, 9.17) is 9.47 Å². The Bertz CT molecular complexity index is 176. The monoisotopic (exact) mass is 170 g/mol. The van der Waals surface area contributed by atoms with Gasteiger partial charge in [0.15, 0.2) is 6.29 Å². The van der Waals surface area contributed by atoms with E-state index in [1.165, 1.54) is 6.42 Å². The molecule has 12 heavy (non-hydrogen) atoms. The van der Waals surface area contributed by atoms with E-state index in [-0.39, 0.29) is 18.5 Å². The van der Waals surface area contributed by atoms with Crippen LogP contribution in [0, 0.1) is 11.8 Å². The molecule has 0 aromatic carbocycles. The zero-order valence-electron chi connectivity index (χ0n) is 6.98. The second-order valence-corrected chi connectivity index (χ2v) is 4.20. The lowest BCUT2D eigenvalue weighted by Crippen LogP contribution is -2.32. The highest BCUT2D eigenvalue weighted by atomic mass is 16.7. The van der Waals surface area contributed by atoms with E-state index in [2.05, 4.69) is 0 Å². The Morgan fingerprint density at radius 1 is 1.17 bits per heavy atom. The van der Waals surface area contributed by atoms with Gasteiger partial charge in [0.2, 0.25) is 0 Å². The fourth-order valence-electron chi connectivity index (χ4n) is 2.70. The van der Waals surface area contributed by atoms with Crippen LogP contribution in [-0.2, 0) is 9.47 Å². The average molecular weight is 170 g/mol. The Morgan fingerprint density at radius 3 is 2.92 bits per heavy atom. The summed E-state index contributed by atoms with van der Waals surface area (Å²) in [5.41, 5.74) is 0. The number of hydrogen-bond donors (Lipinski definition) is 1. The summed E-state index contributed by atoms with van der Waals surface area (Å²) < 4.78 is 11.2. The fourth-order valence-corrected chi connectivity index (χ4v) is 2.70. The summed E-state index contributed by atoms with van der Waals surface area (Å²) >= 11 is 0. The molecule has 68 valence electrons. The molecule has 4 aliphatic rings. The van der Waals surface area contributed by atoms with Crippen LogP contribution < -0.4 is 0 Å². The minimum absolute atomic E-state index is 0.00264. The van der Waals surface area contributed by atoms with Crippen LogP contribution in [-0.4, -0.2) is 30.2 Å². The Morgan fingerprint density at radius 2 is 2.00 bits per heavy atom. The van der Waals surface area contributed by atoms with Crippen molar-refractivity contribution in [2.24, 2.45) is 11.8 Å². The van der Waals surface area contributed by atoms with Crippen molar-refractivity contribution in [1.29, 1.82) is 0 Å². The molecule has 3 heterocycles. The van der Waals surface area contributed by atoms with Crippen molar-refractivity contribution in [1.82, 2.24) is 0 Å². The van der Waals surface area contributed by atoms with Crippen LogP contribution in [0.15, 0.2) is 0 Å². The normalized spacial score (nSPS) is 57.2. The van der Waals surface area contributed by atoms with Gasteiger partial charge in [0, 0.05) is 11.8 Å². The van der Waals surface area contributed by atoms with Crippen molar-refractivity contribution in [2.45, 2.75) is 37.8 Å². The van der Waals surface area contributed by atoms with Crippen molar-refractivity contribution >= 4 is 0 Å². The number of fused-ring (bicyclic) bond motifs is 2. The fraction of sp³-hybridized carbons (Fsp3) is 1.00. The largest absolute Gasteiger partial charge is 0.390 e. The summed E-state index contributed by atoms with van der Waals surface area (Å²) in [6.45, 7) is 0.693. The highest BCUT2D eigenvalue weighted by molar-refractivity contribution is 4.92. The minimum atomic E-state index is -0.275. The number of aliphatic hydroxyl groups is 1. The molecule has 0 aromatic heterocycles. The lowest BCUT2D eigenvalue weighted by atomic mass is 9.97. The minimum Gasteiger partial charge on any atom is -0.390 e. The Hall–Kier alpha value is -0.120. The molecule has 1 aliphatic carbocycles. The molecule has 5 atom stereocenters.